The molecule has 35 heavy (non-hydrogen) atoms. The second kappa shape index (κ2) is 7.79. The summed E-state index contributed by atoms with van der Waals surface area (Å²) in [6.45, 7) is 0.482. The molecule has 3 N–H and O–H groups in total. The number of nitrogens with zero attached hydrogens (tertiary/aromatic N) is 4. The standard InChI is InChI=1S/C26H25F2N5O2/c27-26(28,19-5-11-30-12-6-19)18-3-1-17(2-4-18)20-21-22(29)31-13-14-33(21)23(32-20)24-7-9-25(15-34,10-8-24)35-16-24/h1-6,11-14,34H,7-10,15-16H2,(H2,29,31). The molecule has 9 heteroatoms. The van der Waals surface area contributed by atoms with Gasteiger partial charge in [0.25, 0.3) is 5.92 Å². The molecular weight excluding hydrogens is 452 g/mol. The summed E-state index contributed by atoms with van der Waals surface area (Å²) < 4.78 is 38.2. The van der Waals surface area contributed by atoms with Crippen LogP contribution in [0.1, 0.15) is 42.6 Å². The highest BCUT2D eigenvalue weighted by atomic mass is 19.3. The van der Waals surface area contributed by atoms with E-state index in [1.54, 1.807) is 18.3 Å². The predicted octanol–water partition coefficient (Wildman–Crippen LogP) is 4.09. The van der Waals surface area contributed by atoms with Crippen molar-refractivity contribution >= 4 is 11.3 Å². The van der Waals surface area contributed by atoms with Gasteiger partial charge in [0, 0.05) is 41.5 Å². The van der Waals surface area contributed by atoms with Crippen LogP contribution in [0.5, 0.6) is 0 Å². The molecule has 1 aliphatic carbocycles. The lowest BCUT2D eigenvalue weighted by molar-refractivity contribution is -0.177. The number of pyridine rings is 1. The zero-order chi connectivity index (χ0) is 24.3. The Kier molecular flexibility index (Phi) is 4.91. The van der Waals surface area contributed by atoms with Crippen LogP contribution in [0.4, 0.5) is 14.6 Å². The van der Waals surface area contributed by atoms with Gasteiger partial charge in [-0.25, -0.2) is 9.97 Å². The van der Waals surface area contributed by atoms with Crippen LogP contribution in [0.25, 0.3) is 16.8 Å². The van der Waals surface area contributed by atoms with Crippen LogP contribution in [0.2, 0.25) is 0 Å². The number of hydrogen-bond acceptors (Lipinski definition) is 6. The molecular formula is C26H25F2N5O2. The van der Waals surface area contributed by atoms with Gasteiger partial charge in [-0.15, -0.1) is 0 Å². The van der Waals surface area contributed by atoms with Crippen LogP contribution < -0.4 is 5.73 Å². The van der Waals surface area contributed by atoms with Crippen molar-refractivity contribution in [2.75, 3.05) is 18.9 Å². The van der Waals surface area contributed by atoms with Crippen molar-refractivity contribution in [3.8, 4) is 11.3 Å². The van der Waals surface area contributed by atoms with Crippen molar-refractivity contribution in [3.63, 3.8) is 0 Å². The normalized spacial score (nSPS) is 24.2. The Morgan fingerprint density at radius 2 is 1.69 bits per heavy atom. The first kappa shape index (κ1) is 22.1. The summed E-state index contributed by atoms with van der Waals surface area (Å²) in [5.74, 6) is -2.00. The molecule has 0 radical (unpaired) electrons. The number of hydrogen-bond donors (Lipinski definition) is 2. The average Bonchev–Trinajstić information content (AvgIpc) is 3.32. The van der Waals surface area contributed by atoms with Crippen LogP contribution in [-0.2, 0) is 16.1 Å². The molecule has 1 aromatic carbocycles. The third-order valence-electron chi connectivity index (χ3n) is 7.68. The first-order valence-electron chi connectivity index (χ1n) is 11.6. The Morgan fingerprint density at radius 1 is 1.00 bits per heavy atom. The SMILES string of the molecule is Nc1nccn2c(C34CCC(CO)(CC3)OC4)nc(-c3ccc(C(F)(F)c4ccncc4)cc3)c12. The third-order valence-corrected chi connectivity index (χ3v) is 7.68. The number of halogens is 2. The van der Waals surface area contributed by atoms with Gasteiger partial charge in [-0.1, -0.05) is 24.3 Å². The van der Waals surface area contributed by atoms with Crippen molar-refractivity contribution in [2.24, 2.45) is 0 Å². The van der Waals surface area contributed by atoms with Crippen LogP contribution in [-0.4, -0.2) is 43.3 Å². The number of fused-ring (bicyclic) bond motifs is 4. The lowest BCUT2D eigenvalue weighted by atomic mass is 9.66. The molecule has 0 amide bonds. The van der Waals surface area contributed by atoms with Crippen molar-refractivity contribution in [1.82, 2.24) is 19.4 Å². The van der Waals surface area contributed by atoms with E-state index in [2.05, 4.69) is 9.97 Å². The van der Waals surface area contributed by atoms with Gasteiger partial charge in [0.2, 0.25) is 0 Å². The number of aliphatic hydroxyl groups is 1. The second-order valence-corrected chi connectivity index (χ2v) is 9.61. The minimum Gasteiger partial charge on any atom is -0.393 e. The van der Waals surface area contributed by atoms with E-state index in [9.17, 15) is 5.11 Å². The average molecular weight is 478 g/mol. The zero-order valence-electron chi connectivity index (χ0n) is 19.0. The van der Waals surface area contributed by atoms with Crippen molar-refractivity contribution < 1.29 is 18.6 Å². The fourth-order valence-corrected chi connectivity index (χ4v) is 5.46. The van der Waals surface area contributed by atoms with E-state index < -0.39 is 11.5 Å². The smallest absolute Gasteiger partial charge is 0.298 e. The van der Waals surface area contributed by atoms with Gasteiger partial charge < -0.3 is 15.6 Å². The number of rotatable bonds is 5. The van der Waals surface area contributed by atoms with Gasteiger partial charge in [0.1, 0.15) is 22.9 Å². The molecule has 7 nitrogen and oxygen atoms in total. The molecule has 7 rings (SSSR count). The molecule has 3 fully saturated rings. The molecule has 1 saturated carbocycles. The number of anilines is 1. The summed E-state index contributed by atoms with van der Waals surface area (Å²) >= 11 is 0. The van der Waals surface area contributed by atoms with E-state index >= 15 is 8.78 Å². The van der Waals surface area contributed by atoms with Gasteiger partial charge in [-0.3, -0.25) is 9.38 Å². The fourth-order valence-electron chi connectivity index (χ4n) is 5.46. The number of alkyl halides is 2. The Hall–Kier alpha value is -3.43. The molecule has 3 aliphatic rings. The zero-order valence-corrected chi connectivity index (χ0v) is 19.0. The highest BCUT2D eigenvalue weighted by Gasteiger charge is 2.52. The molecule has 5 heterocycles. The number of nitrogens with two attached hydrogens (primary N) is 1. The maximum absolute atomic E-state index is 15.0. The Bertz CT molecular complexity index is 1360. The van der Waals surface area contributed by atoms with Gasteiger partial charge >= 0.3 is 0 Å². The quantitative estimate of drug-likeness (QED) is 0.449. The first-order valence-corrected chi connectivity index (χ1v) is 11.6. The highest BCUT2D eigenvalue weighted by Crippen LogP contribution is 2.50. The minimum atomic E-state index is -3.15. The Labute approximate surface area is 200 Å². The predicted molar refractivity (Wildman–Crippen MR) is 126 cm³/mol. The number of aromatic nitrogens is 4. The van der Waals surface area contributed by atoms with E-state index in [-0.39, 0.29) is 23.1 Å². The van der Waals surface area contributed by atoms with E-state index in [1.165, 1.54) is 36.7 Å². The summed E-state index contributed by atoms with van der Waals surface area (Å²) in [5, 5.41) is 9.81. The van der Waals surface area contributed by atoms with Crippen LogP contribution in [0.15, 0.2) is 61.2 Å². The summed E-state index contributed by atoms with van der Waals surface area (Å²) in [6, 6.07) is 8.77. The summed E-state index contributed by atoms with van der Waals surface area (Å²) in [7, 11) is 0. The maximum Gasteiger partial charge on any atom is 0.298 e. The summed E-state index contributed by atoms with van der Waals surface area (Å²) in [6.07, 6.45) is 9.38. The third kappa shape index (κ3) is 3.33. The van der Waals surface area contributed by atoms with Gasteiger partial charge in [-0.05, 0) is 37.8 Å². The molecule has 180 valence electrons. The van der Waals surface area contributed by atoms with Crippen LogP contribution in [0, 0.1) is 0 Å². The van der Waals surface area contributed by atoms with Crippen LogP contribution >= 0.6 is 0 Å². The largest absolute Gasteiger partial charge is 0.393 e. The molecule has 0 unspecified atom stereocenters. The number of aliphatic hydroxyl groups excluding tert-OH is 1. The fraction of sp³-hybridized carbons (Fsp3) is 0.346. The van der Waals surface area contributed by atoms with Crippen molar-refractivity contribution in [2.45, 2.75) is 42.6 Å². The molecule has 2 aliphatic heterocycles. The second-order valence-electron chi connectivity index (χ2n) is 9.61. The van der Waals surface area contributed by atoms with Gasteiger partial charge in [-0.2, -0.15) is 8.78 Å². The highest BCUT2D eigenvalue weighted by molar-refractivity contribution is 5.85. The van der Waals surface area contributed by atoms with E-state index in [0.29, 0.717) is 29.2 Å². The summed E-state index contributed by atoms with van der Waals surface area (Å²) in [4.78, 5) is 13.1. The lowest BCUT2D eigenvalue weighted by Crippen LogP contribution is -2.55. The van der Waals surface area contributed by atoms with Gasteiger partial charge in [0.05, 0.1) is 24.2 Å². The molecule has 2 saturated heterocycles. The topological polar surface area (TPSA) is 98.6 Å². The Balaban J connectivity index is 1.42. The van der Waals surface area contributed by atoms with Crippen molar-refractivity contribution in [3.05, 3.63) is 78.1 Å². The van der Waals surface area contributed by atoms with Gasteiger partial charge in [0.15, 0.2) is 0 Å². The molecule has 4 aromatic rings. The van der Waals surface area contributed by atoms with E-state index in [0.717, 1.165) is 31.5 Å². The molecule has 0 atom stereocenters. The monoisotopic (exact) mass is 477 g/mol. The molecule has 0 spiro atoms. The number of ether oxygens (including phenoxy) is 1. The molecule has 2 bridgehead atoms. The number of benzene rings is 1. The van der Waals surface area contributed by atoms with Crippen molar-refractivity contribution in [1.29, 1.82) is 0 Å². The lowest BCUT2D eigenvalue weighted by Gasteiger charge is -2.51. The minimum absolute atomic E-state index is 0.0179. The number of imidazole rings is 1. The number of nitrogen functional groups attached to an aromatic ring is 1. The maximum atomic E-state index is 15.0. The van der Waals surface area contributed by atoms with E-state index in [1.807, 2.05) is 10.6 Å². The summed E-state index contributed by atoms with van der Waals surface area (Å²) in [5.41, 5.74) is 7.23. The van der Waals surface area contributed by atoms with Crippen LogP contribution in [0.3, 0.4) is 0 Å². The van der Waals surface area contributed by atoms with E-state index in [4.69, 9.17) is 15.5 Å². The molecule has 3 aromatic heterocycles. The first-order chi connectivity index (χ1) is 16.9. The Morgan fingerprint density at radius 3 is 2.31 bits per heavy atom.